The van der Waals surface area contributed by atoms with Crippen LogP contribution in [0.15, 0.2) is 0 Å². The number of alkyl halides is 1. The number of halogens is 1. The van der Waals surface area contributed by atoms with Crippen molar-refractivity contribution in [3.63, 3.8) is 0 Å². The monoisotopic (exact) mass is 292 g/mol. The molecule has 0 saturated heterocycles. The first kappa shape index (κ1) is 18.6. The van der Waals surface area contributed by atoms with Gasteiger partial charge in [0.2, 0.25) is 0 Å². The van der Waals surface area contributed by atoms with E-state index in [2.05, 4.69) is 11.7 Å². The minimum absolute atomic E-state index is 0.142. The van der Waals surface area contributed by atoms with Crippen molar-refractivity contribution in [2.45, 2.75) is 77.6 Å². The molecule has 0 rings (SSSR count). The summed E-state index contributed by atoms with van der Waals surface area (Å²) in [6.07, 6.45) is 13.4. The number of unbranched alkanes of at least 4 members (excludes halogenated alkanes) is 10. The number of rotatable bonds is 13. The quantitative estimate of drug-likeness (QED) is 0.250. The third kappa shape index (κ3) is 15.5. The number of hydrogen-bond acceptors (Lipinski definition) is 3. The van der Waals surface area contributed by atoms with Crippen LogP contribution in [0.1, 0.15) is 77.6 Å². The van der Waals surface area contributed by atoms with Crippen molar-refractivity contribution in [1.29, 1.82) is 0 Å². The minimum Gasteiger partial charge on any atom is -0.434 e. The molecule has 0 aromatic heterocycles. The summed E-state index contributed by atoms with van der Waals surface area (Å²) in [7, 11) is 0. The summed E-state index contributed by atoms with van der Waals surface area (Å²) >= 11 is 5.22. The van der Waals surface area contributed by atoms with Crippen LogP contribution in [0.2, 0.25) is 0 Å². The second-order valence-electron chi connectivity index (χ2n) is 4.89. The molecule has 0 spiro atoms. The largest absolute Gasteiger partial charge is 0.509 e. The molecular weight excluding hydrogens is 264 g/mol. The molecule has 0 aliphatic heterocycles. The molecule has 0 amide bonds. The third-order valence-electron chi connectivity index (χ3n) is 3.14. The molecule has 0 aromatic rings. The Morgan fingerprint density at radius 1 is 0.789 bits per heavy atom. The average Bonchev–Trinajstić information content (AvgIpc) is 2.40. The fourth-order valence-corrected chi connectivity index (χ4v) is 2.10. The van der Waals surface area contributed by atoms with Crippen LogP contribution >= 0.6 is 11.6 Å². The number of hydrogen-bond donors (Lipinski definition) is 0. The molecule has 0 saturated carbocycles. The summed E-state index contributed by atoms with van der Waals surface area (Å²) in [6.45, 7) is 2.69. The molecular formula is C15H29ClO3. The summed E-state index contributed by atoms with van der Waals surface area (Å²) in [6, 6.07) is -0.142. The highest BCUT2D eigenvalue weighted by molar-refractivity contribution is 6.17. The van der Waals surface area contributed by atoms with Crippen LogP contribution in [0, 0.1) is 0 Å². The second-order valence-corrected chi connectivity index (χ2v) is 5.11. The Labute approximate surface area is 123 Å². The van der Waals surface area contributed by atoms with Crippen molar-refractivity contribution in [2.24, 2.45) is 0 Å². The van der Waals surface area contributed by atoms with E-state index in [4.69, 9.17) is 16.3 Å². The molecule has 0 atom stereocenters. The Balaban J connectivity index is 3.01. The van der Waals surface area contributed by atoms with E-state index in [9.17, 15) is 4.79 Å². The smallest absolute Gasteiger partial charge is 0.434 e. The van der Waals surface area contributed by atoms with Crippen molar-refractivity contribution in [3.05, 3.63) is 0 Å². The highest BCUT2D eigenvalue weighted by atomic mass is 35.5. The third-order valence-corrected chi connectivity index (χ3v) is 3.25. The van der Waals surface area contributed by atoms with Gasteiger partial charge in [-0.3, -0.25) is 0 Å². The number of carbonyl (C=O) groups excluding carboxylic acids is 1. The molecule has 0 unspecified atom stereocenters. The van der Waals surface area contributed by atoms with Crippen molar-refractivity contribution < 1.29 is 14.3 Å². The van der Waals surface area contributed by atoms with Gasteiger partial charge in [0.1, 0.15) is 0 Å². The summed E-state index contributed by atoms with van der Waals surface area (Å²) in [5.74, 6) is 0. The van der Waals surface area contributed by atoms with Crippen molar-refractivity contribution in [2.75, 3.05) is 12.7 Å². The van der Waals surface area contributed by atoms with Crippen LogP contribution in [0.3, 0.4) is 0 Å². The van der Waals surface area contributed by atoms with Crippen LogP contribution in [-0.4, -0.2) is 18.8 Å². The van der Waals surface area contributed by atoms with Gasteiger partial charge in [-0.25, -0.2) is 4.79 Å². The molecule has 0 aliphatic rings. The molecule has 0 heterocycles. The topological polar surface area (TPSA) is 35.5 Å². The summed E-state index contributed by atoms with van der Waals surface area (Å²) in [5, 5.41) is 0. The van der Waals surface area contributed by atoms with E-state index < -0.39 is 6.16 Å². The molecule has 0 N–H and O–H groups in total. The Morgan fingerprint density at radius 2 is 1.26 bits per heavy atom. The fraction of sp³-hybridized carbons (Fsp3) is 0.933. The van der Waals surface area contributed by atoms with Crippen LogP contribution in [0.25, 0.3) is 0 Å². The molecule has 114 valence electrons. The lowest BCUT2D eigenvalue weighted by Crippen LogP contribution is -2.07. The van der Waals surface area contributed by atoms with Gasteiger partial charge in [-0.1, -0.05) is 82.7 Å². The van der Waals surface area contributed by atoms with E-state index in [0.29, 0.717) is 6.61 Å². The molecule has 3 nitrogen and oxygen atoms in total. The Hall–Kier alpha value is -0.440. The first-order valence-corrected chi connectivity index (χ1v) is 8.20. The zero-order valence-electron chi connectivity index (χ0n) is 12.3. The fourth-order valence-electron chi connectivity index (χ4n) is 2.01. The molecule has 0 bridgehead atoms. The van der Waals surface area contributed by atoms with Crippen LogP contribution in [0.4, 0.5) is 4.79 Å². The van der Waals surface area contributed by atoms with E-state index in [1.165, 1.54) is 57.8 Å². The first-order chi connectivity index (χ1) is 9.31. The summed E-state index contributed by atoms with van der Waals surface area (Å²) < 4.78 is 9.27. The Morgan fingerprint density at radius 3 is 1.74 bits per heavy atom. The predicted octanol–water partition coefficient (Wildman–Crippen LogP) is 5.65. The van der Waals surface area contributed by atoms with Gasteiger partial charge >= 0.3 is 6.16 Å². The highest BCUT2D eigenvalue weighted by Crippen LogP contribution is 2.11. The van der Waals surface area contributed by atoms with E-state index in [-0.39, 0.29) is 6.07 Å². The predicted molar refractivity (Wildman–Crippen MR) is 79.6 cm³/mol. The second kappa shape index (κ2) is 15.6. The van der Waals surface area contributed by atoms with Gasteiger partial charge in [0.15, 0.2) is 6.07 Å². The zero-order valence-corrected chi connectivity index (χ0v) is 13.1. The maximum absolute atomic E-state index is 10.8. The highest BCUT2D eigenvalue weighted by Gasteiger charge is 2.01. The van der Waals surface area contributed by atoms with E-state index in [1.807, 2.05) is 0 Å². The van der Waals surface area contributed by atoms with Gasteiger partial charge in [0.25, 0.3) is 0 Å². The summed E-state index contributed by atoms with van der Waals surface area (Å²) in [4.78, 5) is 10.8. The normalized spacial score (nSPS) is 10.4. The Bertz CT molecular complexity index is 198. The van der Waals surface area contributed by atoms with E-state index in [0.717, 1.165) is 12.8 Å². The molecule has 4 heteroatoms. The van der Waals surface area contributed by atoms with Gasteiger partial charge in [0.05, 0.1) is 6.61 Å². The minimum atomic E-state index is -0.665. The van der Waals surface area contributed by atoms with Gasteiger partial charge in [0, 0.05) is 0 Å². The lowest BCUT2D eigenvalue weighted by atomic mass is 10.1. The lowest BCUT2D eigenvalue weighted by Gasteiger charge is -2.04. The molecule has 19 heavy (non-hydrogen) atoms. The zero-order chi connectivity index (χ0) is 14.2. The Kier molecular flexibility index (Phi) is 15.3. The van der Waals surface area contributed by atoms with Crippen LogP contribution in [-0.2, 0) is 9.47 Å². The average molecular weight is 293 g/mol. The summed E-state index contributed by atoms with van der Waals surface area (Å²) in [5.41, 5.74) is 0. The van der Waals surface area contributed by atoms with Gasteiger partial charge in [-0.15, -0.1) is 0 Å². The SMILES string of the molecule is CCCCCCCCCCCCCOC(=O)OCCl. The van der Waals surface area contributed by atoms with Gasteiger partial charge < -0.3 is 9.47 Å². The van der Waals surface area contributed by atoms with Gasteiger partial charge in [-0.05, 0) is 6.42 Å². The van der Waals surface area contributed by atoms with E-state index >= 15 is 0 Å². The molecule has 0 aromatic carbocycles. The number of ether oxygens (including phenoxy) is 2. The maximum Gasteiger partial charge on any atom is 0.509 e. The van der Waals surface area contributed by atoms with Crippen molar-refractivity contribution in [3.8, 4) is 0 Å². The standard InChI is InChI=1S/C15H29ClO3/c1-2-3-4-5-6-7-8-9-10-11-12-13-18-15(17)19-14-16/h2-14H2,1H3. The molecule has 0 fully saturated rings. The van der Waals surface area contributed by atoms with E-state index in [1.54, 1.807) is 0 Å². The van der Waals surface area contributed by atoms with Gasteiger partial charge in [-0.2, -0.15) is 0 Å². The first-order valence-electron chi connectivity index (χ1n) is 7.66. The lowest BCUT2D eigenvalue weighted by molar-refractivity contribution is 0.0664. The molecule has 0 radical (unpaired) electrons. The van der Waals surface area contributed by atoms with Crippen molar-refractivity contribution >= 4 is 17.8 Å². The van der Waals surface area contributed by atoms with Crippen LogP contribution < -0.4 is 0 Å². The molecule has 0 aliphatic carbocycles. The number of carbonyl (C=O) groups is 1. The maximum atomic E-state index is 10.8. The van der Waals surface area contributed by atoms with Crippen LogP contribution in [0.5, 0.6) is 0 Å². The van der Waals surface area contributed by atoms with Crippen molar-refractivity contribution in [1.82, 2.24) is 0 Å².